The maximum atomic E-state index is 6.15. The number of nitrogens with zero attached hydrogens (tertiary/aromatic N) is 3. The summed E-state index contributed by atoms with van der Waals surface area (Å²) in [5.41, 5.74) is 6.15. The van der Waals surface area contributed by atoms with Crippen molar-refractivity contribution < 1.29 is 4.74 Å². The van der Waals surface area contributed by atoms with Gasteiger partial charge >= 0.3 is 0 Å². The highest BCUT2D eigenvalue weighted by Crippen LogP contribution is 2.30. The molecule has 2 N–H and O–H groups in total. The van der Waals surface area contributed by atoms with E-state index in [1.54, 1.807) is 0 Å². The third-order valence-corrected chi connectivity index (χ3v) is 3.61. The lowest BCUT2D eigenvalue weighted by Crippen LogP contribution is -2.28. The number of hydrogen-bond donors (Lipinski definition) is 1. The van der Waals surface area contributed by atoms with Gasteiger partial charge in [0.1, 0.15) is 11.6 Å². The summed E-state index contributed by atoms with van der Waals surface area (Å²) in [4.78, 5) is 0. The fraction of sp³-hybridized carbons (Fsp3) is 0.818. The summed E-state index contributed by atoms with van der Waals surface area (Å²) < 4.78 is 7.55. The van der Waals surface area contributed by atoms with Crippen molar-refractivity contribution in [3.8, 4) is 0 Å². The summed E-state index contributed by atoms with van der Waals surface area (Å²) in [7, 11) is 0. The number of rotatable bonds is 1. The summed E-state index contributed by atoms with van der Waals surface area (Å²) in [6.07, 6.45) is 5.37. The first-order chi connectivity index (χ1) is 7.86. The molecule has 1 fully saturated rings. The summed E-state index contributed by atoms with van der Waals surface area (Å²) in [5, 5.41) is 8.62. The van der Waals surface area contributed by atoms with Crippen molar-refractivity contribution in [2.75, 3.05) is 13.2 Å². The van der Waals surface area contributed by atoms with Crippen molar-refractivity contribution in [3.05, 3.63) is 11.6 Å². The van der Waals surface area contributed by atoms with Gasteiger partial charge in [-0.1, -0.05) is 0 Å². The second-order valence-corrected chi connectivity index (χ2v) is 4.69. The van der Waals surface area contributed by atoms with Gasteiger partial charge in [-0.05, 0) is 25.7 Å². The van der Waals surface area contributed by atoms with Gasteiger partial charge in [0.25, 0.3) is 0 Å². The van der Waals surface area contributed by atoms with E-state index >= 15 is 0 Å². The summed E-state index contributed by atoms with van der Waals surface area (Å²) >= 11 is 0. The molecular weight excluding hydrogens is 204 g/mol. The molecule has 0 saturated carbocycles. The maximum absolute atomic E-state index is 6.15. The number of fused-ring (bicyclic) bond motifs is 1. The Morgan fingerprint density at radius 1 is 1.19 bits per heavy atom. The van der Waals surface area contributed by atoms with E-state index in [1.165, 1.54) is 0 Å². The lowest BCUT2D eigenvalue weighted by Gasteiger charge is -2.27. The van der Waals surface area contributed by atoms with Crippen LogP contribution in [0.1, 0.15) is 49.4 Å². The third kappa shape index (κ3) is 1.64. The molecule has 0 aliphatic carbocycles. The molecule has 16 heavy (non-hydrogen) atoms. The second kappa shape index (κ2) is 4.14. The lowest BCUT2D eigenvalue weighted by molar-refractivity contribution is 0.0821. The fourth-order valence-corrected chi connectivity index (χ4v) is 2.70. The average Bonchev–Trinajstić information content (AvgIpc) is 2.75. The van der Waals surface area contributed by atoms with E-state index in [-0.39, 0.29) is 6.17 Å². The summed E-state index contributed by atoms with van der Waals surface area (Å²) in [6.45, 7) is 1.67. The zero-order chi connectivity index (χ0) is 11.0. The zero-order valence-corrected chi connectivity index (χ0v) is 9.43. The number of aryl methyl sites for hydroxylation is 1. The highest BCUT2D eigenvalue weighted by molar-refractivity contribution is 5.06. The number of nitrogens with two attached hydrogens (primary N) is 1. The molecule has 2 aliphatic rings. The van der Waals surface area contributed by atoms with Crippen molar-refractivity contribution in [1.29, 1.82) is 0 Å². The predicted octanol–water partition coefficient (Wildman–Crippen LogP) is 0.966. The summed E-state index contributed by atoms with van der Waals surface area (Å²) in [6, 6.07) is 0. The van der Waals surface area contributed by atoms with Gasteiger partial charge in [0, 0.05) is 25.6 Å². The van der Waals surface area contributed by atoms with Crippen LogP contribution in [-0.2, 0) is 11.2 Å². The largest absolute Gasteiger partial charge is 0.381 e. The van der Waals surface area contributed by atoms with Crippen molar-refractivity contribution in [2.24, 2.45) is 5.73 Å². The molecule has 88 valence electrons. The van der Waals surface area contributed by atoms with Crippen molar-refractivity contribution >= 4 is 0 Å². The van der Waals surface area contributed by atoms with Gasteiger partial charge in [-0.25, -0.2) is 0 Å². The Labute approximate surface area is 95.0 Å². The molecule has 0 aromatic carbocycles. The molecule has 3 heterocycles. The van der Waals surface area contributed by atoms with Crippen molar-refractivity contribution in [3.63, 3.8) is 0 Å². The smallest absolute Gasteiger partial charge is 0.137 e. The van der Waals surface area contributed by atoms with E-state index in [9.17, 15) is 0 Å². The normalized spacial score (nSPS) is 26.7. The molecule has 5 heteroatoms. The SMILES string of the molecule is NC1CCCc2nnc(C3CCOCC3)n21. The van der Waals surface area contributed by atoms with Gasteiger partial charge in [0.15, 0.2) is 0 Å². The topological polar surface area (TPSA) is 66.0 Å². The second-order valence-electron chi connectivity index (χ2n) is 4.69. The van der Waals surface area contributed by atoms with Crippen LogP contribution in [-0.4, -0.2) is 28.0 Å². The quantitative estimate of drug-likeness (QED) is 0.768. The Bertz CT molecular complexity index is 370. The first-order valence-corrected chi connectivity index (χ1v) is 6.13. The van der Waals surface area contributed by atoms with Crippen LogP contribution in [0.5, 0.6) is 0 Å². The standard InChI is InChI=1S/C11H18N4O/c12-9-2-1-3-10-13-14-11(15(9)10)8-4-6-16-7-5-8/h8-9H,1-7,12H2. The van der Waals surface area contributed by atoms with Crippen LogP contribution in [0.25, 0.3) is 0 Å². The molecule has 0 bridgehead atoms. The minimum Gasteiger partial charge on any atom is -0.381 e. The highest BCUT2D eigenvalue weighted by atomic mass is 16.5. The van der Waals surface area contributed by atoms with Crippen LogP contribution in [0.2, 0.25) is 0 Å². The predicted molar refractivity (Wildman–Crippen MR) is 59.0 cm³/mol. The fourth-order valence-electron chi connectivity index (χ4n) is 2.70. The van der Waals surface area contributed by atoms with E-state index in [0.717, 1.165) is 57.0 Å². The minimum absolute atomic E-state index is 0.0802. The molecule has 1 unspecified atom stereocenters. The van der Waals surface area contributed by atoms with Crippen LogP contribution < -0.4 is 5.73 Å². The molecule has 0 amide bonds. The van der Waals surface area contributed by atoms with Crippen LogP contribution in [0.4, 0.5) is 0 Å². The summed E-state index contributed by atoms with van der Waals surface area (Å²) in [5.74, 6) is 2.64. The van der Waals surface area contributed by atoms with Gasteiger partial charge < -0.3 is 10.5 Å². The third-order valence-electron chi connectivity index (χ3n) is 3.61. The van der Waals surface area contributed by atoms with Gasteiger partial charge in [-0.15, -0.1) is 10.2 Å². The van der Waals surface area contributed by atoms with E-state index in [4.69, 9.17) is 10.5 Å². The van der Waals surface area contributed by atoms with Crippen LogP contribution in [0.15, 0.2) is 0 Å². The number of ether oxygens (including phenoxy) is 1. The average molecular weight is 222 g/mol. The van der Waals surface area contributed by atoms with Gasteiger partial charge in [-0.2, -0.15) is 0 Å². The molecule has 3 rings (SSSR count). The van der Waals surface area contributed by atoms with Crippen LogP contribution in [0.3, 0.4) is 0 Å². The van der Waals surface area contributed by atoms with Crippen LogP contribution in [0, 0.1) is 0 Å². The Balaban J connectivity index is 1.91. The van der Waals surface area contributed by atoms with Crippen molar-refractivity contribution in [1.82, 2.24) is 14.8 Å². The first-order valence-electron chi connectivity index (χ1n) is 6.13. The molecule has 1 aromatic rings. The molecular formula is C11H18N4O. The van der Waals surface area contributed by atoms with E-state index < -0.39 is 0 Å². The molecule has 1 saturated heterocycles. The molecule has 1 aromatic heterocycles. The van der Waals surface area contributed by atoms with E-state index in [2.05, 4.69) is 14.8 Å². The highest BCUT2D eigenvalue weighted by Gasteiger charge is 2.27. The van der Waals surface area contributed by atoms with E-state index in [1.807, 2.05) is 0 Å². The zero-order valence-electron chi connectivity index (χ0n) is 9.43. The molecule has 0 spiro atoms. The molecule has 1 atom stereocenters. The Kier molecular flexibility index (Phi) is 2.65. The number of aromatic nitrogens is 3. The monoisotopic (exact) mass is 222 g/mol. The van der Waals surface area contributed by atoms with Gasteiger partial charge in [0.2, 0.25) is 0 Å². The van der Waals surface area contributed by atoms with Gasteiger partial charge in [0.05, 0.1) is 6.17 Å². The minimum atomic E-state index is 0.0802. The first kappa shape index (κ1) is 10.2. The van der Waals surface area contributed by atoms with Gasteiger partial charge in [-0.3, -0.25) is 4.57 Å². The lowest BCUT2D eigenvalue weighted by atomic mass is 9.98. The molecule has 0 radical (unpaired) electrons. The van der Waals surface area contributed by atoms with E-state index in [0.29, 0.717) is 5.92 Å². The Hall–Kier alpha value is -0.940. The maximum Gasteiger partial charge on any atom is 0.137 e. The molecule has 5 nitrogen and oxygen atoms in total. The number of hydrogen-bond acceptors (Lipinski definition) is 4. The Morgan fingerprint density at radius 2 is 2.00 bits per heavy atom. The van der Waals surface area contributed by atoms with Crippen LogP contribution >= 0.6 is 0 Å². The molecule has 2 aliphatic heterocycles. The van der Waals surface area contributed by atoms with Crippen molar-refractivity contribution in [2.45, 2.75) is 44.2 Å². The Morgan fingerprint density at radius 3 is 2.81 bits per heavy atom.